The molecule has 1 aliphatic rings. The van der Waals surface area contributed by atoms with Crippen LogP contribution in [0.15, 0.2) is 39.7 Å². The molecule has 1 fully saturated rings. The fourth-order valence-corrected chi connectivity index (χ4v) is 4.33. The van der Waals surface area contributed by atoms with Crippen molar-refractivity contribution in [3.8, 4) is 0 Å². The summed E-state index contributed by atoms with van der Waals surface area (Å²) in [5.74, 6) is -4.35. The zero-order chi connectivity index (χ0) is 27.1. The van der Waals surface area contributed by atoms with Crippen LogP contribution < -0.4 is 5.69 Å². The van der Waals surface area contributed by atoms with Crippen LogP contribution in [-0.2, 0) is 36.4 Å². The monoisotopic (exact) mass is 544 g/mol. The number of aromatic nitrogens is 2. The van der Waals surface area contributed by atoms with Crippen molar-refractivity contribution in [2.24, 2.45) is 0 Å². The van der Waals surface area contributed by atoms with Gasteiger partial charge in [-0.05, 0) is 37.6 Å². The second-order valence-corrected chi connectivity index (χ2v) is 9.83. The molecule has 3 N–H and O–H groups in total. The highest BCUT2D eigenvalue weighted by Gasteiger charge is 2.60. The van der Waals surface area contributed by atoms with Crippen molar-refractivity contribution in [2.45, 2.75) is 51.2 Å². The van der Waals surface area contributed by atoms with Crippen molar-refractivity contribution in [3.63, 3.8) is 0 Å². The minimum atomic E-state index is -5.01. The van der Waals surface area contributed by atoms with Gasteiger partial charge in [-0.25, -0.2) is 9.36 Å². The molecule has 3 aromatic rings. The molecule has 37 heavy (non-hydrogen) atoms. The Morgan fingerprint density at radius 1 is 1.27 bits per heavy atom. The number of aliphatic hydroxyl groups excluding tert-OH is 1. The Morgan fingerprint density at radius 2 is 2.00 bits per heavy atom. The number of esters is 1. The van der Waals surface area contributed by atoms with E-state index in [9.17, 15) is 28.0 Å². The lowest BCUT2D eigenvalue weighted by Gasteiger charge is -2.21. The van der Waals surface area contributed by atoms with Crippen LogP contribution in [0.1, 0.15) is 28.8 Å². The van der Waals surface area contributed by atoms with Crippen LogP contribution in [0.4, 0.5) is 8.78 Å². The van der Waals surface area contributed by atoms with Gasteiger partial charge in [0.15, 0.2) is 6.10 Å². The van der Waals surface area contributed by atoms with Gasteiger partial charge in [-0.3, -0.25) is 13.9 Å². The van der Waals surface area contributed by atoms with Crippen LogP contribution in [0.25, 0.3) is 11.0 Å². The molecule has 3 atom stereocenters. The SMILES string of the molecule is Cc1cc(C)c2oc(COC(=O)Cc3ccn([C@@H]4O[C@H](COP(=O)(O)O)[C@@H](O)C4(F)F)c(=O)n3)cc2c1. The lowest BCUT2D eigenvalue weighted by molar-refractivity contribution is -0.144. The number of aryl methyl sites for hydroxylation is 2. The number of hydrogen-bond donors (Lipinski definition) is 3. The van der Waals surface area contributed by atoms with E-state index in [4.69, 9.17) is 23.7 Å². The van der Waals surface area contributed by atoms with E-state index in [1.165, 1.54) is 0 Å². The van der Waals surface area contributed by atoms with E-state index in [1.54, 1.807) is 6.07 Å². The Balaban J connectivity index is 1.40. The van der Waals surface area contributed by atoms with Gasteiger partial charge in [0.2, 0.25) is 6.23 Å². The van der Waals surface area contributed by atoms with Crippen LogP contribution in [0.2, 0.25) is 0 Å². The first-order valence-electron chi connectivity index (χ1n) is 10.9. The number of aliphatic hydroxyl groups is 1. The number of halogens is 2. The first-order chi connectivity index (χ1) is 17.2. The van der Waals surface area contributed by atoms with E-state index < -0.39 is 56.9 Å². The molecule has 0 bridgehead atoms. The molecule has 0 amide bonds. The molecule has 1 aliphatic heterocycles. The number of furan rings is 1. The minimum absolute atomic E-state index is 0.0643. The van der Waals surface area contributed by atoms with Gasteiger partial charge in [0.25, 0.3) is 0 Å². The van der Waals surface area contributed by atoms with Gasteiger partial charge in [0.1, 0.15) is 24.1 Å². The van der Waals surface area contributed by atoms with Crippen molar-refractivity contribution in [3.05, 3.63) is 63.5 Å². The van der Waals surface area contributed by atoms with Gasteiger partial charge in [-0.2, -0.15) is 13.8 Å². The van der Waals surface area contributed by atoms with E-state index in [0.29, 0.717) is 15.9 Å². The molecule has 0 aliphatic carbocycles. The zero-order valence-electron chi connectivity index (χ0n) is 19.5. The first kappa shape index (κ1) is 27.0. The quantitative estimate of drug-likeness (QED) is 0.279. The van der Waals surface area contributed by atoms with E-state index in [1.807, 2.05) is 26.0 Å². The number of alkyl halides is 2. The zero-order valence-corrected chi connectivity index (χ0v) is 20.4. The first-order valence-corrected chi connectivity index (χ1v) is 12.4. The van der Waals surface area contributed by atoms with Crippen molar-refractivity contribution in [1.82, 2.24) is 9.55 Å². The maximum absolute atomic E-state index is 14.5. The topological polar surface area (TPSA) is 171 Å². The third-order valence-electron chi connectivity index (χ3n) is 5.62. The molecule has 12 nitrogen and oxygen atoms in total. The molecule has 15 heteroatoms. The van der Waals surface area contributed by atoms with Gasteiger partial charge in [-0.15, -0.1) is 0 Å². The predicted molar refractivity (Wildman–Crippen MR) is 121 cm³/mol. The van der Waals surface area contributed by atoms with Crippen LogP contribution in [0.5, 0.6) is 0 Å². The van der Waals surface area contributed by atoms with Gasteiger partial charge in [0.05, 0.1) is 18.7 Å². The molecule has 0 spiro atoms. The van der Waals surface area contributed by atoms with Crippen LogP contribution in [0, 0.1) is 13.8 Å². The minimum Gasteiger partial charge on any atom is -0.457 e. The number of fused-ring (bicyclic) bond motifs is 1. The van der Waals surface area contributed by atoms with E-state index >= 15 is 0 Å². The maximum Gasteiger partial charge on any atom is 0.469 e. The number of rotatable bonds is 8. The summed E-state index contributed by atoms with van der Waals surface area (Å²) >= 11 is 0. The molecule has 0 unspecified atom stereocenters. The highest BCUT2D eigenvalue weighted by Crippen LogP contribution is 2.44. The van der Waals surface area contributed by atoms with E-state index in [2.05, 4.69) is 9.51 Å². The molecule has 200 valence electrons. The highest BCUT2D eigenvalue weighted by atomic mass is 31.2. The molecular formula is C22H23F2N2O10P. The van der Waals surface area contributed by atoms with Crippen LogP contribution >= 0.6 is 7.82 Å². The summed E-state index contributed by atoms with van der Waals surface area (Å²) in [5.41, 5.74) is 1.39. The van der Waals surface area contributed by atoms with Crippen LogP contribution in [0.3, 0.4) is 0 Å². The predicted octanol–water partition coefficient (Wildman–Crippen LogP) is 1.90. The summed E-state index contributed by atoms with van der Waals surface area (Å²) in [7, 11) is -5.01. The molecule has 4 rings (SSSR count). The second kappa shape index (κ2) is 10.0. The van der Waals surface area contributed by atoms with Gasteiger partial charge in [-0.1, -0.05) is 11.6 Å². The van der Waals surface area contributed by atoms with Crippen molar-refractivity contribution in [1.29, 1.82) is 0 Å². The fourth-order valence-electron chi connectivity index (χ4n) is 3.99. The standard InChI is InChI=1S/C22H23F2N2O10P/c1-11-5-12(2)18-13(6-11)7-15(35-18)9-33-17(27)8-14-3-4-26(21(29)25-14)20-22(23,24)19(28)16(36-20)10-34-37(30,31)32/h3-7,16,19-20,28H,8-10H2,1-2H3,(H2,30,31,32)/t16-,19-,20-/m1/s1. The lowest BCUT2D eigenvalue weighted by Crippen LogP contribution is -2.42. The Hall–Kier alpha value is -3.00. The van der Waals surface area contributed by atoms with Crippen molar-refractivity contribution >= 4 is 24.8 Å². The third kappa shape index (κ3) is 5.95. The summed E-state index contributed by atoms with van der Waals surface area (Å²) in [6.07, 6.45) is -6.21. The summed E-state index contributed by atoms with van der Waals surface area (Å²) in [6, 6.07) is 6.76. The molecule has 0 saturated carbocycles. The average molecular weight is 544 g/mol. The number of benzene rings is 1. The maximum atomic E-state index is 14.5. The van der Waals surface area contributed by atoms with Crippen molar-refractivity contribution < 1.29 is 51.4 Å². The smallest absolute Gasteiger partial charge is 0.457 e. The average Bonchev–Trinajstić information content (AvgIpc) is 3.29. The molecule has 2 aromatic heterocycles. The molecule has 1 saturated heterocycles. The number of ether oxygens (including phenoxy) is 2. The normalized spacial score (nSPS) is 21.4. The number of nitrogens with zero attached hydrogens (tertiary/aromatic N) is 2. The van der Waals surface area contributed by atoms with Gasteiger partial charge < -0.3 is 28.8 Å². The fraction of sp³-hybridized carbons (Fsp3) is 0.409. The van der Waals surface area contributed by atoms with Gasteiger partial charge in [0, 0.05) is 11.6 Å². The Kier molecular flexibility index (Phi) is 7.34. The summed E-state index contributed by atoms with van der Waals surface area (Å²) in [4.78, 5) is 45.7. The molecule has 0 radical (unpaired) electrons. The largest absolute Gasteiger partial charge is 0.469 e. The number of phosphoric acid groups is 1. The van der Waals surface area contributed by atoms with E-state index in [0.717, 1.165) is 28.8 Å². The van der Waals surface area contributed by atoms with E-state index in [-0.39, 0.29) is 12.3 Å². The Bertz CT molecular complexity index is 1430. The number of carbonyl (C=O) groups excluding carboxylic acids is 1. The Labute approximate surface area is 207 Å². The molecule has 3 heterocycles. The van der Waals surface area contributed by atoms with Crippen molar-refractivity contribution in [2.75, 3.05) is 6.61 Å². The summed E-state index contributed by atoms with van der Waals surface area (Å²) in [5, 5.41) is 10.7. The second-order valence-electron chi connectivity index (χ2n) is 8.59. The summed E-state index contributed by atoms with van der Waals surface area (Å²) < 4.78 is 60.3. The number of carbonyl (C=O) groups is 1. The van der Waals surface area contributed by atoms with Gasteiger partial charge >= 0.3 is 25.4 Å². The molecular weight excluding hydrogens is 521 g/mol. The third-order valence-corrected chi connectivity index (χ3v) is 6.11. The lowest BCUT2D eigenvalue weighted by atomic mass is 10.1. The number of hydrogen-bond acceptors (Lipinski definition) is 9. The van der Waals surface area contributed by atoms with Crippen LogP contribution in [-0.4, -0.2) is 55.2 Å². The number of phosphoric ester groups is 1. The molecule has 1 aromatic carbocycles. The highest BCUT2D eigenvalue weighted by molar-refractivity contribution is 7.46. The Morgan fingerprint density at radius 3 is 2.68 bits per heavy atom. The summed E-state index contributed by atoms with van der Waals surface area (Å²) in [6.45, 7) is 2.63.